The van der Waals surface area contributed by atoms with Gasteiger partial charge in [-0.2, -0.15) is 0 Å². The molecule has 0 amide bonds. The molecule has 116 valence electrons. The molecule has 7 heteroatoms. The van der Waals surface area contributed by atoms with Crippen molar-refractivity contribution in [2.75, 3.05) is 46.6 Å². The fourth-order valence-corrected chi connectivity index (χ4v) is 3.24. The third-order valence-corrected chi connectivity index (χ3v) is 5.01. The Bertz CT molecular complexity index is 267. The Labute approximate surface area is 117 Å². The van der Waals surface area contributed by atoms with Gasteiger partial charge < -0.3 is 20.7 Å². The quantitative estimate of drug-likeness (QED) is 0.416. The van der Waals surface area contributed by atoms with Crippen LogP contribution in [0, 0.1) is 0 Å². The Morgan fingerprint density at radius 2 is 1.74 bits per heavy atom. The fourth-order valence-electron chi connectivity index (χ4n) is 1.58. The molecule has 19 heavy (non-hydrogen) atoms. The molecule has 0 aliphatic rings. The Balaban J connectivity index is 4.37. The molecule has 0 radical (unpaired) electrons. The van der Waals surface area contributed by atoms with Crippen LogP contribution < -0.4 is 11.5 Å². The van der Waals surface area contributed by atoms with Crippen molar-refractivity contribution in [1.82, 2.24) is 4.67 Å². The number of hydrogen-bond acceptors (Lipinski definition) is 5. The molecule has 2 atom stereocenters. The zero-order valence-electron chi connectivity index (χ0n) is 12.5. The van der Waals surface area contributed by atoms with Gasteiger partial charge in [-0.05, 0) is 39.3 Å². The highest BCUT2D eigenvalue weighted by Crippen LogP contribution is 2.47. The summed E-state index contributed by atoms with van der Waals surface area (Å²) in [7, 11) is -1.17. The van der Waals surface area contributed by atoms with Crippen molar-refractivity contribution in [2.24, 2.45) is 11.5 Å². The lowest BCUT2D eigenvalue weighted by Gasteiger charge is -2.29. The summed E-state index contributed by atoms with van der Waals surface area (Å²) in [5.41, 5.74) is 11.0. The zero-order valence-corrected chi connectivity index (χ0v) is 13.4. The van der Waals surface area contributed by atoms with Crippen LogP contribution in [0.1, 0.15) is 26.2 Å². The largest absolute Gasteiger partial charge is 0.379 e. The minimum Gasteiger partial charge on any atom is -0.379 e. The average Bonchev–Trinajstić information content (AvgIpc) is 2.39. The Kier molecular flexibility index (Phi) is 10.8. The number of methoxy groups -OCH3 is 1. The molecule has 0 spiro atoms. The van der Waals surface area contributed by atoms with Crippen molar-refractivity contribution in [3.05, 3.63) is 0 Å². The Morgan fingerprint density at radius 3 is 2.26 bits per heavy atom. The van der Waals surface area contributed by atoms with Crippen LogP contribution in [-0.2, 0) is 13.8 Å². The van der Waals surface area contributed by atoms with Gasteiger partial charge in [-0.25, -0.2) is 4.67 Å². The smallest absolute Gasteiger partial charge is 0.269 e. The van der Waals surface area contributed by atoms with Crippen LogP contribution in [0.5, 0.6) is 0 Å². The minimum absolute atomic E-state index is 0.0614. The molecule has 0 bridgehead atoms. The van der Waals surface area contributed by atoms with E-state index in [-0.39, 0.29) is 6.10 Å². The molecule has 0 aromatic rings. The van der Waals surface area contributed by atoms with E-state index in [1.54, 1.807) is 13.8 Å². The minimum atomic E-state index is -2.78. The van der Waals surface area contributed by atoms with Gasteiger partial charge in [-0.15, -0.1) is 0 Å². The summed E-state index contributed by atoms with van der Waals surface area (Å²) in [5.74, 6) is 0. The van der Waals surface area contributed by atoms with Gasteiger partial charge in [0.1, 0.15) is 0 Å². The fraction of sp³-hybridized carbons (Fsp3) is 1.00. The van der Waals surface area contributed by atoms with Crippen molar-refractivity contribution < 1.29 is 13.8 Å². The summed E-state index contributed by atoms with van der Waals surface area (Å²) in [6, 6.07) is 0. The summed E-state index contributed by atoms with van der Waals surface area (Å²) < 4.78 is 25.2. The van der Waals surface area contributed by atoms with E-state index in [2.05, 4.69) is 0 Å². The third-order valence-electron chi connectivity index (χ3n) is 2.96. The summed E-state index contributed by atoms with van der Waals surface area (Å²) >= 11 is 0. The highest BCUT2D eigenvalue weighted by Gasteiger charge is 2.26. The lowest BCUT2D eigenvalue weighted by Crippen LogP contribution is -2.27. The zero-order chi connectivity index (χ0) is 14.7. The first-order chi connectivity index (χ1) is 8.97. The first-order valence-corrected chi connectivity index (χ1v) is 8.90. The second-order valence-corrected chi connectivity index (χ2v) is 7.17. The molecule has 0 fully saturated rings. The van der Waals surface area contributed by atoms with Crippen LogP contribution in [0.4, 0.5) is 0 Å². The van der Waals surface area contributed by atoms with Crippen LogP contribution in [0.3, 0.4) is 0 Å². The maximum Gasteiger partial charge on any atom is 0.269 e. The highest BCUT2D eigenvalue weighted by atomic mass is 31.2. The van der Waals surface area contributed by atoms with Crippen molar-refractivity contribution in [1.29, 1.82) is 0 Å². The summed E-state index contributed by atoms with van der Waals surface area (Å²) in [5, 5.41) is 0. The molecule has 0 saturated heterocycles. The Hall–Kier alpha value is 0.0300. The predicted octanol–water partition coefficient (Wildman–Crippen LogP) is 1.25. The molecule has 0 aromatic carbocycles. The van der Waals surface area contributed by atoms with Crippen molar-refractivity contribution in [3.63, 3.8) is 0 Å². The van der Waals surface area contributed by atoms with Gasteiger partial charge in [0, 0.05) is 26.9 Å². The summed E-state index contributed by atoms with van der Waals surface area (Å²) in [6.45, 7) is 6.54. The number of nitrogens with zero attached hydrogens (tertiary/aromatic N) is 1. The molecule has 0 aliphatic carbocycles. The van der Waals surface area contributed by atoms with E-state index < -0.39 is 7.52 Å². The lowest BCUT2D eigenvalue weighted by atomic mass is 10.3. The van der Waals surface area contributed by atoms with Crippen molar-refractivity contribution in [2.45, 2.75) is 32.3 Å². The maximum absolute atomic E-state index is 12.6. The third kappa shape index (κ3) is 8.74. The van der Waals surface area contributed by atoms with E-state index in [9.17, 15) is 4.57 Å². The van der Waals surface area contributed by atoms with Crippen LogP contribution in [0.2, 0.25) is 0 Å². The molecule has 2 unspecified atom stereocenters. The lowest BCUT2D eigenvalue weighted by molar-refractivity contribution is 0.0687. The summed E-state index contributed by atoms with van der Waals surface area (Å²) in [4.78, 5) is 0. The second kappa shape index (κ2) is 10.8. The SMILES string of the molecule is COC(C)COP(C)(=O)N(CCCN)CCCCN. The van der Waals surface area contributed by atoms with Crippen molar-refractivity contribution >= 4 is 7.52 Å². The molecule has 6 nitrogen and oxygen atoms in total. The summed E-state index contributed by atoms with van der Waals surface area (Å²) in [6.07, 6.45) is 2.59. The Morgan fingerprint density at radius 1 is 1.16 bits per heavy atom. The van der Waals surface area contributed by atoms with Crippen LogP contribution in [0.25, 0.3) is 0 Å². The van der Waals surface area contributed by atoms with E-state index in [0.717, 1.165) is 25.8 Å². The van der Waals surface area contributed by atoms with Gasteiger partial charge in [0.2, 0.25) is 0 Å². The first kappa shape index (κ1) is 19.0. The van der Waals surface area contributed by atoms with Gasteiger partial charge in [0.25, 0.3) is 7.52 Å². The van der Waals surface area contributed by atoms with Crippen LogP contribution in [-0.4, -0.2) is 57.3 Å². The highest BCUT2D eigenvalue weighted by molar-refractivity contribution is 7.55. The number of rotatable bonds is 12. The number of unbranched alkanes of at least 4 members (excludes halogenated alkanes) is 1. The molecular formula is C12H30N3O3P. The number of nitrogens with two attached hydrogens (primary N) is 2. The standard InChI is InChI=1S/C12H30N3O3P/c1-12(17-2)11-18-19(3,16)15(10-6-8-14)9-5-4-7-13/h12H,4-11,13-14H2,1-3H3. The number of hydrogen-bond donors (Lipinski definition) is 2. The van der Waals surface area contributed by atoms with Crippen molar-refractivity contribution in [3.8, 4) is 0 Å². The van der Waals surface area contributed by atoms with E-state index >= 15 is 0 Å². The van der Waals surface area contributed by atoms with Gasteiger partial charge in [0.05, 0.1) is 12.7 Å². The molecule has 0 saturated carbocycles. The molecule has 0 aliphatic heterocycles. The molecule has 4 N–H and O–H groups in total. The normalized spacial score (nSPS) is 16.5. The van der Waals surface area contributed by atoms with E-state index in [1.807, 2.05) is 11.6 Å². The predicted molar refractivity (Wildman–Crippen MR) is 79.5 cm³/mol. The van der Waals surface area contributed by atoms with Crippen LogP contribution in [0.15, 0.2) is 0 Å². The first-order valence-electron chi connectivity index (χ1n) is 6.88. The average molecular weight is 295 g/mol. The second-order valence-electron chi connectivity index (χ2n) is 4.74. The van der Waals surface area contributed by atoms with Crippen LogP contribution >= 0.6 is 7.52 Å². The maximum atomic E-state index is 12.6. The van der Waals surface area contributed by atoms with E-state index in [0.29, 0.717) is 26.2 Å². The van der Waals surface area contributed by atoms with E-state index in [1.165, 1.54) is 0 Å². The van der Waals surface area contributed by atoms with Gasteiger partial charge in [-0.3, -0.25) is 4.57 Å². The topological polar surface area (TPSA) is 90.8 Å². The van der Waals surface area contributed by atoms with Gasteiger partial charge >= 0.3 is 0 Å². The monoisotopic (exact) mass is 295 g/mol. The molecular weight excluding hydrogens is 265 g/mol. The molecule has 0 aromatic heterocycles. The van der Waals surface area contributed by atoms with Gasteiger partial charge in [0.15, 0.2) is 0 Å². The van der Waals surface area contributed by atoms with E-state index in [4.69, 9.17) is 20.7 Å². The number of ether oxygens (including phenoxy) is 1. The molecule has 0 heterocycles. The van der Waals surface area contributed by atoms with Gasteiger partial charge in [-0.1, -0.05) is 0 Å². The molecule has 0 rings (SSSR count).